The van der Waals surface area contributed by atoms with Crippen LogP contribution in [0.25, 0.3) is 0 Å². The predicted molar refractivity (Wildman–Crippen MR) is 98.9 cm³/mol. The highest BCUT2D eigenvalue weighted by Crippen LogP contribution is 2.19. The molecule has 2 N–H and O–H groups in total. The van der Waals surface area contributed by atoms with E-state index in [2.05, 4.69) is 15.8 Å². The third-order valence-corrected chi connectivity index (χ3v) is 3.61. The van der Waals surface area contributed by atoms with Gasteiger partial charge in [0.05, 0.1) is 24.8 Å². The summed E-state index contributed by atoms with van der Waals surface area (Å²) < 4.78 is 5.16. The van der Waals surface area contributed by atoms with Crippen molar-refractivity contribution in [2.45, 2.75) is 6.92 Å². The Labute approximate surface area is 155 Å². The molecule has 0 spiro atoms. The molecular formula is C18H18N4O5. The lowest BCUT2D eigenvalue weighted by Gasteiger charge is -2.06. The predicted octanol–water partition coefficient (Wildman–Crippen LogP) is 1.79. The Balaban J connectivity index is 1.90. The van der Waals surface area contributed by atoms with Crippen molar-refractivity contribution >= 4 is 23.7 Å². The molecule has 0 saturated heterocycles. The number of nitro benzene ring substituents is 1. The van der Waals surface area contributed by atoms with E-state index in [0.29, 0.717) is 16.9 Å². The number of hydrazone groups is 1. The maximum atomic E-state index is 12.0. The molecule has 9 nitrogen and oxygen atoms in total. The first-order valence-corrected chi connectivity index (χ1v) is 7.90. The fraction of sp³-hybridized carbons (Fsp3) is 0.167. The number of carbonyl (C=O) groups excluding carboxylic acids is 2. The van der Waals surface area contributed by atoms with E-state index in [1.165, 1.54) is 31.5 Å². The van der Waals surface area contributed by atoms with Crippen LogP contribution < -0.4 is 15.5 Å². The highest BCUT2D eigenvalue weighted by Gasteiger charge is 2.15. The molecule has 0 unspecified atom stereocenters. The van der Waals surface area contributed by atoms with Crippen molar-refractivity contribution in [2.75, 3.05) is 13.7 Å². The Hall–Kier alpha value is -3.75. The molecule has 0 radical (unpaired) electrons. The Bertz CT molecular complexity index is 895. The lowest BCUT2D eigenvalue weighted by Crippen LogP contribution is -2.34. The standard InChI is InChI=1S/C18H18N4O5/c1-12-7-8-13(9-15(12)22(25)26)18(24)19-11-17(23)21-20-10-14-5-3-4-6-16(14)27-2/h3-10H,11H2,1-2H3,(H,19,24)(H,21,23)/b20-10+. The number of hydrogen-bond donors (Lipinski definition) is 2. The number of aryl methyl sites for hydroxylation is 1. The first-order valence-electron chi connectivity index (χ1n) is 7.90. The van der Waals surface area contributed by atoms with E-state index in [4.69, 9.17) is 4.74 Å². The Morgan fingerprint density at radius 1 is 1.26 bits per heavy atom. The van der Waals surface area contributed by atoms with Crippen LogP contribution in [0.15, 0.2) is 47.6 Å². The minimum atomic E-state index is -0.595. The number of ether oxygens (including phenoxy) is 1. The number of nitrogens with one attached hydrogen (secondary N) is 2. The lowest BCUT2D eigenvalue weighted by molar-refractivity contribution is -0.385. The number of nitrogens with zero attached hydrogens (tertiary/aromatic N) is 2. The zero-order chi connectivity index (χ0) is 19.8. The van der Waals surface area contributed by atoms with Crippen LogP contribution in [0.3, 0.4) is 0 Å². The van der Waals surface area contributed by atoms with Crippen LogP contribution in [0, 0.1) is 17.0 Å². The van der Waals surface area contributed by atoms with Crippen molar-refractivity contribution in [3.63, 3.8) is 0 Å². The van der Waals surface area contributed by atoms with Gasteiger partial charge in [0.2, 0.25) is 0 Å². The summed E-state index contributed by atoms with van der Waals surface area (Å²) in [6.07, 6.45) is 1.42. The normalized spacial score (nSPS) is 10.4. The molecule has 2 amide bonds. The monoisotopic (exact) mass is 370 g/mol. The molecule has 0 bridgehead atoms. The molecule has 2 aromatic rings. The topological polar surface area (TPSA) is 123 Å². The van der Waals surface area contributed by atoms with Crippen LogP contribution in [0.5, 0.6) is 5.75 Å². The number of carbonyl (C=O) groups is 2. The number of benzene rings is 2. The molecule has 140 valence electrons. The highest BCUT2D eigenvalue weighted by molar-refractivity contribution is 5.97. The summed E-state index contributed by atoms with van der Waals surface area (Å²) in [5, 5.41) is 17.1. The van der Waals surface area contributed by atoms with Gasteiger partial charge < -0.3 is 10.1 Å². The second kappa shape index (κ2) is 9.09. The summed E-state index contributed by atoms with van der Waals surface area (Å²) in [5.41, 5.74) is 3.34. The van der Waals surface area contributed by atoms with E-state index in [0.717, 1.165) is 0 Å². The van der Waals surface area contributed by atoms with Gasteiger partial charge in [0.15, 0.2) is 0 Å². The molecule has 0 fully saturated rings. The summed E-state index contributed by atoms with van der Waals surface area (Å²) in [7, 11) is 1.52. The Kier molecular flexibility index (Phi) is 6.59. The number of rotatable bonds is 7. The van der Waals surface area contributed by atoms with Gasteiger partial charge >= 0.3 is 0 Å². The molecule has 0 aliphatic rings. The second-order valence-electron chi connectivity index (χ2n) is 5.48. The smallest absolute Gasteiger partial charge is 0.273 e. The average Bonchev–Trinajstić information content (AvgIpc) is 2.66. The number of hydrogen-bond acceptors (Lipinski definition) is 6. The van der Waals surface area contributed by atoms with Crippen molar-refractivity contribution in [3.05, 3.63) is 69.3 Å². The number of amides is 2. The maximum Gasteiger partial charge on any atom is 0.273 e. The van der Waals surface area contributed by atoms with Gasteiger partial charge in [0.25, 0.3) is 17.5 Å². The second-order valence-corrected chi connectivity index (χ2v) is 5.48. The van der Waals surface area contributed by atoms with Crippen molar-refractivity contribution in [2.24, 2.45) is 5.10 Å². The van der Waals surface area contributed by atoms with E-state index in [9.17, 15) is 19.7 Å². The summed E-state index contributed by atoms with van der Waals surface area (Å²) in [6.45, 7) is 1.25. The van der Waals surface area contributed by atoms with Gasteiger partial charge in [0, 0.05) is 22.8 Å². The first-order chi connectivity index (χ1) is 12.9. The minimum absolute atomic E-state index is 0.0950. The van der Waals surface area contributed by atoms with Crippen LogP contribution in [0.2, 0.25) is 0 Å². The molecule has 0 heterocycles. The number of para-hydroxylation sites is 1. The highest BCUT2D eigenvalue weighted by atomic mass is 16.6. The molecule has 0 aliphatic carbocycles. The SMILES string of the molecule is COc1ccccc1/C=N/NC(=O)CNC(=O)c1ccc(C)c([N+](=O)[O-])c1. The Morgan fingerprint density at radius 3 is 2.70 bits per heavy atom. The van der Waals surface area contributed by atoms with Gasteiger partial charge in [-0.25, -0.2) is 5.43 Å². The van der Waals surface area contributed by atoms with Gasteiger partial charge in [-0.2, -0.15) is 5.10 Å². The summed E-state index contributed by atoms with van der Waals surface area (Å²) in [4.78, 5) is 34.2. The number of methoxy groups -OCH3 is 1. The average molecular weight is 370 g/mol. The van der Waals surface area contributed by atoms with Gasteiger partial charge in [-0.05, 0) is 25.1 Å². The van der Waals surface area contributed by atoms with E-state index in [1.54, 1.807) is 31.2 Å². The van der Waals surface area contributed by atoms with Crippen LogP contribution in [0.1, 0.15) is 21.5 Å². The van der Waals surface area contributed by atoms with E-state index in [-0.39, 0.29) is 17.8 Å². The molecule has 27 heavy (non-hydrogen) atoms. The van der Waals surface area contributed by atoms with Crippen LogP contribution in [0.4, 0.5) is 5.69 Å². The fourth-order valence-electron chi connectivity index (χ4n) is 2.20. The van der Waals surface area contributed by atoms with Crippen molar-refractivity contribution in [3.8, 4) is 5.75 Å². The third-order valence-electron chi connectivity index (χ3n) is 3.61. The van der Waals surface area contributed by atoms with Gasteiger partial charge in [-0.1, -0.05) is 18.2 Å². The molecule has 9 heteroatoms. The molecule has 2 rings (SSSR count). The number of nitro groups is 1. The maximum absolute atomic E-state index is 12.0. The van der Waals surface area contributed by atoms with E-state index in [1.807, 2.05) is 0 Å². The summed E-state index contributed by atoms with van der Waals surface area (Å²) in [6, 6.07) is 11.2. The molecule has 0 aliphatic heterocycles. The molecular weight excluding hydrogens is 352 g/mol. The summed E-state index contributed by atoms with van der Waals surface area (Å²) in [5.74, 6) is -0.539. The van der Waals surface area contributed by atoms with Crippen LogP contribution in [-0.2, 0) is 4.79 Å². The van der Waals surface area contributed by atoms with Crippen LogP contribution in [-0.4, -0.2) is 36.6 Å². The molecule has 0 aromatic heterocycles. The van der Waals surface area contributed by atoms with E-state index < -0.39 is 16.7 Å². The molecule has 0 atom stereocenters. The largest absolute Gasteiger partial charge is 0.496 e. The Morgan fingerprint density at radius 2 is 2.00 bits per heavy atom. The lowest BCUT2D eigenvalue weighted by atomic mass is 10.1. The van der Waals surface area contributed by atoms with Crippen molar-refractivity contribution in [1.82, 2.24) is 10.7 Å². The van der Waals surface area contributed by atoms with Crippen molar-refractivity contribution < 1.29 is 19.2 Å². The third kappa shape index (κ3) is 5.36. The van der Waals surface area contributed by atoms with E-state index >= 15 is 0 Å². The van der Waals surface area contributed by atoms with Crippen LogP contribution >= 0.6 is 0 Å². The quantitative estimate of drug-likeness (QED) is 0.437. The molecule has 2 aromatic carbocycles. The van der Waals surface area contributed by atoms with Gasteiger partial charge in [0.1, 0.15) is 5.75 Å². The fourth-order valence-corrected chi connectivity index (χ4v) is 2.20. The van der Waals surface area contributed by atoms with Gasteiger partial charge in [-0.15, -0.1) is 0 Å². The minimum Gasteiger partial charge on any atom is -0.496 e. The first kappa shape index (κ1) is 19.6. The summed E-state index contributed by atoms with van der Waals surface area (Å²) >= 11 is 0. The van der Waals surface area contributed by atoms with Gasteiger partial charge in [-0.3, -0.25) is 19.7 Å². The molecule has 0 saturated carbocycles. The van der Waals surface area contributed by atoms with Crippen molar-refractivity contribution in [1.29, 1.82) is 0 Å². The zero-order valence-electron chi connectivity index (χ0n) is 14.8. The zero-order valence-corrected chi connectivity index (χ0v) is 14.8.